The maximum Gasteiger partial charge on any atom is 0.253 e. The molecule has 1 aromatic carbocycles. The van der Waals surface area contributed by atoms with E-state index < -0.39 is 0 Å². The van der Waals surface area contributed by atoms with E-state index in [0.29, 0.717) is 5.56 Å². The van der Waals surface area contributed by atoms with E-state index in [2.05, 4.69) is 21.6 Å². The van der Waals surface area contributed by atoms with Gasteiger partial charge in [0, 0.05) is 29.4 Å². The van der Waals surface area contributed by atoms with Gasteiger partial charge in [0.05, 0.1) is 11.7 Å². The maximum absolute atomic E-state index is 12.4. The Hall–Kier alpha value is -2.14. The predicted octanol–water partition coefficient (Wildman–Crippen LogP) is 2.94. The van der Waals surface area contributed by atoms with E-state index in [1.165, 1.54) is 4.88 Å². The molecule has 0 saturated heterocycles. The predicted molar refractivity (Wildman–Crippen MR) is 81.1 cm³/mol. The molecule has 2 aromatic heterocycles. The first-order valence-corrected chi connectivity index (χ1v) is 7.33. The lowest BCUT2D eigenvalue weighted by atomic mass is 10.1. The number of benzene rings is 1. The molecule has 0 fully saturated rings. The molecule has 0 saturated carbocycles. The summed E-state index contributed by atoms with van der Waals surface area (Å²) in [7, 11) is 1.84. The minimum atomic E-state index is 0.0399. The summed E-state index contributed by atoms with van der Waals surface area (Å²) in [5, 5.41) is 9.93. The fourth-order valence-corrected chi connectivity index (χ4v) is 2.82. The summed E-state index contributed by atoms with van der Waals surface area (Å²) in [5.41, 5.74) is 1.58. The Bertz CT molecular complexity index is 718. The average molecular weight is 285 g/mol. The van der Waals surface area contributed by atoms with Crippen molar-refractivity contribution in [3.8, 4) is 0 Å². The van der Waals surface area contributed by atoms with Gasteiger partial charge in [-0.25, -0.2) is 0 Å². The largest absolute Gasteiger partial charge is 0.341 e. The summed E-state index contributed by atoms with van der Waals surface area (Å²) >= 11 is 1.72. The number of hydrogen-bond acceptors (Lipinski definition) is 3. The average Bonchev–Trinajstić information content (AvgIpc) is 3.13. The van der Waals surface area contributed by atoms with Gasteiger partial charge in [0.15, 0.2) is 0 Å². The summed E-state index contributed by atoms with van der Waals surface area (Å²) < 4.78 is 0. The Kier molecular flexibility index (Phi) is 3.52. The van der Waals surface area contributed by atoms with Crippen LogP contribution in [0.3, 0.4) is 0 Å². The van der Waals surface area contributed by atoms with Crippen molar-refractivity contribution in [1.82, 2.24) is 15.1 Å². The number of carbonyl (C=O) groups excluding carboxylic acids is 1. The number of fused-ring (bicyclic) bond motifs is 1. The van der Waals surface area contributed by atoms with Crippen LogP contribution < -0.4 is 0 Å². The normalized spacial score (nSPS) is 10.8. The highest BCUT2D eigenvalue weighted by Gasteiger charge is 2.12. The van der Waals surface area contributed by atoms with E-state index in [9.17, 15) is 4.79 Å². The summed E-state index contributed by atoms with van der Waals surface area (Å²) in [6, 6.07) is 9.75. The van der Waals surface area contributed by atoms with Crippen LogP contribution in [0.5, 0.6) is 0 Å². The molecule has 0 bridgehead atoms. The van der Waals surface area contributed by atoms with Gasteiger partial charge in [0.2, 0.25) is 0 Å². The van der Waals surface area contributed by atoms with E-state index >= 15 is 0 Å². The molecule has 4 nitrogen and oxygen atoms in total. The van der Waals surface area contributed by atoms with Crippen molar-refractivity contribution in [2.45, 2.75) is 6.42 Å². The standard InChI is InChI=1S/C15H15N3OS/c1-18(7-6-13-3-2-8-20-13)15(19)11-4-5-12-10-16-17-14(12)9-11/h2-5,8-10H,6-7H2,1H3,(H,16,17). The molecule has 0 aliphatic heterocycles. The number of amides is 1. The molecule has 0 aliphatic rings. The second-order valence-corrected chi connectivity index (χ2v) is 5.76. The number of likely N-dealkylation sites (N-methyl/N-ethyl adjacent to an activating group) is 1. The number of hydrogen-bond donors (Lipinski definition) is 1. The van der Waals surface area contributed by atoms with Crippen LogP contribution in [0.2, 0.25) is 0 Å². The SMILES string of the molecule is CN(CCc1cccs1)C(=O)c1ccc2cn[nH]c2c1. The quantitative estimate of drug-likeness (QED) is 0.801. The second kappa shape index (κ2) is 5.46. The van der Waals surface area contributed by atoms with Crippen molar-refractivity contribution < 1.29 is 4.79 Å². The zero-order valence-electron chi connectivity index (χ0n) is 11.2. The summed E-state index contributed by atoms with van der Waals surface area (Å²) in [4.78, 5) is 15.4. The number of H-pyrrole nitrogens is 1. The first-order valence-electron chi connectivity index (χ1n) is 6.45. The monoisotopic (exact) mass is 285 g/mol. The molecule has 1 N–H and O–H groups in total. The molecule has 0 unspecified atom stereocenters. The van der Waals surface area contributed by atoms with Crippen LogP contribution in [-0.2, 0) is 6.42 Å². The third kappa shape index (κ3) is 2.58. The van der Waals surface area contributed by atoms with Crippen molar-refractivity contribution >= 4 is 28.1 Å². The highest BCUT2D eigenvalue weighted by Crippen LogP contribution is 2.15. The number of nitrogens with one attached hydrogen (secondary N) is 1. The molecule has 0 radical (unpaired) electrons. The maximum atomic E-state index is 12.4. The lowest BCUT2D eigenvalue weighted by molar-refractivity contribution is 0.0797. The summed E-state index contributed by atoms with van der Waals surface area (Å²) in [5.74, 6) is 0.0399. The molecule has 1 amide bonds. The van der Waals surface area contributed by atoms with Crippen LogP contribution in [0.4, 0.5) is 0 Å². The summed E-state index contributed by atoms with van der Waals surface area (Å²) in [6.45, 7) is 0.723. The van der Waals surface area contributed by atoms with Gasteiger partial charge in [-0.1, -0.05) is 12.1 Å². The molecule has 3 rings (SSSR count). The van der Waals surface area contributed by atoms with Gasteiger partial charge in [-0.3, -0.25) is 9.89 Å². The molecule has 0 atom stereocenters. The zero-order chi connectivity index (χ0) is 13.9. The number of carbonyl (C=O) groups is 1. The zero-order valence-corrected chi connectivity index (χ0v) is 12.0. The van der Waals surface area contributed by atoms with Gasteiger partial charge in [0.1, 0.15) is 0 Å². The lowest BCUT2D eigenvalue weighted by Gasteiger charge is -2.16. The van der Waals surface area contributed by atoms with Crippen molar-refractivity contribution in [2.75, 3.05) is 13.6 Å². The first kappa shape index (κ1) is 12.9. The van der Waals surface area contributed by atoms with Crippen LogP contribution in [-0.4, -0.2) is 34.6 Å². The van der Waals surface area contributed by atoms with Gasteiger partial charge in [-0.15, -0.1) is 11.3 Å². The Morgan fingerprint density at radius 3 is 3.10 bits per heavy atom. The molecule has 0 aliphatic carbocycles. The second-order valence-electron chi connectivity index (χ2n) is 4.73. The van der Waals surface area contributed by atoms with E-state index in [-0.39, 0.29) is 5.91 Å². The van der Waals surface area contributed by atoms with E-state index in [4.69, 9.17) is 0 Å². The number of rotatable bonds is 4. The Balaban J connectivity index is 1.70. The molecular weight excluding hydrogens is 270 g/mol. The number of thiophene rings is 1. The van der Waals surface area contributed by atoms with Crippen molar-refractivity contribution in [3.63, 3.8) is 0 Å². The van der Waals surface area contributed by atoms with Crippen molar-refractivity contribution in [3.05, 3.63) is 52.3 Å². The number of aromatic amines is 1. The van der Waals surface area contributed by atoms with Gasteiger partial charge in [0.25, 0.3) is 5.91 Å². The first-order chi connectivity index (χ1) is 9.74. The van der Waals surface area contributed by atoms with Gasteiger partial charge in [-0.05, 0) is 30.0 Å². The van der Waals surface area contributed by atoms with Gasteiger partial charge < -0.3 is 4.90 Å². The Labute approximate surface area is 121 Å². The number of aromatic nitrogens is 2. The molecule has 0 spiro atoms. The molecule has 2 heterocycles. The Morgan fingerprint density at radius 1 is 1.40 bits per heavy atom. The van der Waals surface area contributed by atoms with Gasteiger partial charge in [-0.2, -0.15) is 5.10 Å². The minimum Gasteiger partial charge on any atom is -0.341 e. The minimum absolute atomic E-state index is 0.0399. The molecule has 3 aromatic rings. The fraction of sp³-hybridized carbons (Fsp3) is 0.200. The van der Waals surface area contributed by atoms with Crippen LogP contribution in [0.15, 0.2) is 41.9 Å². The van der Waals surface area contributed by atoms with Crippen LogP contribution in [0.25, 0.3) is 10.9 Å². The third-order valence-electron chi connectivity index (χ3n) is 3.31. The van der Waals surface area contributed by atoms with Crippen LogP contribution in [0, 0.1) is 0 Å². The molecule has 102 valence electrons. The third-order valence-corrected chi connectivity index (χ3v) is 4.25. The van der Waals surface area contributed by atoms with E-state index in [1.54, 1.807) is 22.4 Å². The smallest absolute Gasteiger partial charge is 0.253 e. The molecule has 20 heavy (non-hydrogen) atoms. The van der Waals surface area contributed by atoms with Gasteiger partial charge >= 0.3 is 0 Å². The van der Waals surface area contributed by atoms with Crippen molar-refractivity contribution in [1.29, 1.82) is 0 Å². The molecular formula is C15H15N3OS. The van der Waals surface area contributed by atoms with E-state index in [1.807, 2.05) is 31.3 Å². The molecule has 5 heteroatoms. The van der Waals surface area contributed by atoms with E-state index in [0.717, 1.165) is 23.9 Å². The highest BCUT2D eigenvalue weighted by atomic mass is 32.1. The Morgan fingerprint density at radius 2 is 2.30 bits per heavy atom. The highest BCUT2D eigenvalue weighted by molar-refractivity contribution is 7.09. The number of nitrogens with zero attached hydrogens (tertiary/aromatic N) is 2. The van der Waals surface area contributed by atoms with Crippen molar-refractivity contribution in [2.24, 2.45) is 0 Å². The lowest BCUT2D eigenvalue weighted by Crippen LogP contribution is -2.28. The topological polar surface area (TPSA) is 49.0 Å². The van der Waals surface area contributed by atoms with Crippen LogP contribution >= 0.6 is 11.3 Å². The summed E-state index contributed by atoms with van der Waals surface area (Å²) in [6.07, 6.45) is 2.65. The fourth-order valence-electron chi connectivity index (χ4n) is 2.12. The van der Waals surface area contributed by atoms with Crippen LogP contribution in [0.1, 0.15) is 15.2 Å².